The lowest BCUT2D eigenvalue weighted by atomic mass is 10.1. The van der Waals surface area contributed by atoms with E-state index < -0.39 is 9.84 Å². The fourth-order valence-electron chi connectivity index (χ4n) is 1.76. The molecule has 1 aromatic carbocycles. The second-order valence-electron chi connectivity index (χ2n) is 6.44. The highest BCUT2D eigenvalue weighted by Gasteiger charge is 2.12. The number of sulfone groups is 1. The monoisotopic (exact) mass is 376 g/mol. The molecule has 0 aliphatic rings. The van der Waals surface area contributed by atoms with Gasteiger partial charge < -0.3 is 10.2 Å². The molecule has 0 saturated carbocycles. The van der Waals surface area contributed by atoms with Crippen molar-refractivity contribution in [2.45, 2.75) is 32.9 Å². The summed E-state index contributed by atoms with van der Waals surface area (Å²) in [6, 6.07) is 6.16. The van der Waals surface area contributed by atoms with Gasteiger partial charge in [-0.3, -0.25) is 0 Å². The highest BCUT2D eigenvalue weighted by atomic mass is 79.9. The van der Waals surface area contributed by atoms with E-state index in [0.29, 0.717) is 6.54 Å². The van der Waals surface area contributed by atoms with Crippen molar-refractivity contribution < 1.29 is 8.42 Å². The smallest absolute Gasteiger partial charge is 0.149 e. The third-order valence-corrected chi connectivity index (χ3v) is 4.60. The second-order valence-corrected chi connectivity index (χ2v) is 9.55. The number of rotatable bonds is 6. The van der Waals surface area contributed by atoms with Crippen molar-refractivity contribution in [1.29, 1.82) is 0 Å². The van der Waals surface area contributed by atoms with Gasteiger partial charge >= 0.3 is 0 Å². The van der Waals surface area contributed by atoms with E-state index in [4.69, 9.17) is 0 Å². The molecule has 0 aromatic heterocycles. The van der Waals surface area contributed by atoms with Gasteiger partial charge in [-0.15, -0.1) is 0 Å². The van der Waals surface area contributed by atoms with Crippen molar-refractivity contribution in [3.05, 3.63) is 28.2 Å². The van der Waals surface area contributed by atoms with E-state index >= 15 is 0 Å². The number of halogens is 1. The predicted molar refractivity (Wildman–Crippen MR) is 93.7 cm³/mol. The Morgan fingerprint density at radius 3 is 2.38 bits per heavy atom. The van der Waals surface area contributed by atoms with Crippen LogP contribution in [0.4, 0.5) is 5.69 Å². The summed E-state index contributed by atoms with van der Waals surface area (Å²) in [7, 11) is -1.04. The van der Waals surface area contributed by atoms with Crippen LogP contribution < -0.4 is 10.2 Å². The molecule has 6 heteroatoms. The molecule has 0 atom stereocenters. The van der Waals surface area contributed by atoms with Crippen molar-refractivity contribution in [3.63, 3.8) is 0 Å². The maximum absolute atomic E-state index is 11.2. The van der Waals surface area contributed by atoms with Crippen LogP contribution in [0, 0.1) is 0 Å². The molecule has 0 amide bonds. The van der Waals surface area contributed by atoms with Crippen LogP contribution >= 0.6 is 15.9 Å². The van der Waals surface area contributed by atoms with Crippen molar-refractivity contribution in [3.8, 4) is 0 Å². The Kier molecular flexibility index (Phi) is 6.25. The Bertz CT molecular complexity index is 580. The third-order valence-electron chi connectivity index (χ3n) is 3.04. The standard InChI is InChI=1S/C15H25BrN2O2S/c1-15(2,3)17-11-12-6-7-14(13(16)10-12)18(4)8-9-21(5,19)20/h6-7,10,17H,8-9,11H2,1-5H3. The summed E-state index contributed by atoms with van der Waals surface area (Å²) in [6.07, 6.45) is 1.26. The van der Waals surface area contributed by atoms with Crippen molar-refractivity contribution >= 4 is 31.5 Å². The molecule has 120 valence electrons. The molecule has 21 heavy (non-hydrogen) atoms. The minimum Gasteiger partial charge on any atom is -0.373 e. The average molecular weight is 377 g/mol. The predicted octanol–water partition coefficient (Wildman–Crippen LogP) is 2.82. The molecule has 0 aliphatic carbocycles. The lowest BCUT2D eigenvalue weighted by Crippen LogP contribution is -2.35. The Morgan fingerprint density at radius 1 is 1.29 bits per heavy atom. The van der Waals surface area contributed by atoms with Crippen LogP contribution in [0.1, 0.15) is 26.3 Å². The summed E-state index contributed by atoms with van der Waals surface area (Å²) in [5.74, 6) is 0.156. The maximum Gasteiger partial charge on any atom is 0.149 e. The summed E-state index contributed by atoms with van der Waals surface area (Å²) in [6.45, 7) is 7.69. The molecule has 0 radical (unpaired) electrons. The molecule has 0 unspecified atom stereocenters. The molecule has 0 spiro atoms. The fourth-order valence-corrected chi connectivity index (χ4v) is 3.09. The van der Waals surface area contributed by atoms with Crippen LogP contribution in [-0.4, -0.2) is 39.6 Å². The van der Waals surface area contributed by atoms with Gasteiger partial charge in [0.1, 0.15) is 9.84 Å². The van der Waals surface area contributed by atoms with E-state index in [1.807, 2.05) is 18.0 Å². The molecule has 1 N–H and O–H groups in total. The highest BCUT2D eigenvalue weighted by Crippen LogP contribution is 2.26. The lowest BCUT2D eigenvalue weighted by molar-refractivity contribution is 0.424. The molecular weight excluding hydrogens is 352 g/mol. The topological polar surface area (TPSA) is 49.4 Å². The molecule has 4 nitrogen and oxygen atoms in total. The Labute approximate surface area is 137 Å². The van der Waals surface area contributed by atoms with Crippen LogP contribution in [-0.2, 0) is 16.4 Å². The molecule has 0 fully saturated rings. The quantitative estimate of drug-likeness (QED) is 0.828. The number of hydrogen-bond acceptors (Lipinski definition) is 4. The number of nitrogens with one attached hydrogen (secondary N) is 1. The van der Waals surface area contributed by atoms with E-state index in [9.17, 15) is 8.42 Å². The minimum absolute atomic E-state index is 0.0808. The van der Waals surface area contributed by atoms with E-state index in [-0.39, 0.29) is 11.3 Å². The summed E-state index contributed by atoms with van der Waals surface area (Å²) in [4.78, 5) is 1.95. The fraction of sp³-hybridized carbons (Fsp3) is 0.600. The lowest BCUT2D eigenvalue weighted by Gasteiger charge is -2.23. The third kappa shape index (κ3) is 7.29. The van der Waals surface area contributed by atoms with E-state index in [1.165, 1.54) is 11.8 Å². The van der Waals surface area contributed by atoms with Crippen molar-refractivity contribution in [2.75, 3.05) is 30.5 Å². The van der Waals surface area contributed by atoms with E-state index in [1.54, 1.807) is 0 Å². The minimum atomic E-state index is -2.94. The van der Waals surface area contributed by atoms with Gasteiger partial charge in [0.2, 0.25) is 0 Å². The zero-order chi connectivity index (χ0) is 16.3. The van der Waals surface area contributed by atoms with E-state index in [0.717, 1.165) is 16.7 Å². The van der Waals surface area contributed by atoms with Crippen molar-refractivity contribution in [1.82, 2.24) is 5.32 Å². The number of nitrogens with zero attached hydrogens (tertiary/aromatic N) is 1. The Hall–Kier alpha value is -0.590. The average Bonchev–Trinajstić information content (AvgIpc) is 2.32. The SMILES string of the molecule is CN(CCS(C)(=O)=O)c1ccc(CNC(C)(C)C)cc1Br. The summed E-state index contributed by atoms with van der Waals surface area (Å²) in [5, 5.41) is 3.45. The van der Waals surface area contributed by atoms with E-state index in [2.05, 4.69) is 54.2 Å². The van der Waals surface area contributed by atoms with Gasteiger partial charge in [-0.05, 0) is 54.4 Å². The Morgan fingerprint density at radius 2 is 1.90 bits per heavy atom. The molecule has 1 rings (SSSR count). The zero-order valence-electron chi connectivity index (χ0n) is 13.4. The first-order valence-electron chi connectivity index (χ1n) is 6.90. The maximum atomic E-state index is 11.2. The van der Waals surface area contributed by atoms with Crippen LogP contribution in [0.3, 0.4) is 0 Å². The van der Waals surface area contributed by atoms with Gasteiger partial charge in [0, 0.05) is 36.4 Å². The number of anilines is 1. The zero-order valence-corrected chi connectivity index (χ0v) is 15.8. The largest absolute Gasteiger partial charge is 0.373 e. The van der Waals surface area contributed by atoms with Gasteiger partial charge in [-0.25, -0.2) is 8.42 Å². The molecule has 0 heterocycles. The van der Waals surface area contributed by atoms with Crippen LogP contribution in [0.15, 0.2) is 22.7 Å². The first-order chi connectivity index (χ1) is 9.48. The van der Waals surface area contributed by atoms with Crippen molar-refractivity contribution in [2.24, 2.45) is 0 Å². The first-order valence-corrected chi connectivity index (χ1v) is 9.75. The van der Waals surface area contributed by atoms with Gasteiger partial charge in [0.15, 0.2) is 0 Å². The second kappa shape index (κ2) is 7.11. The molecule has 0 aliphatic heterocycles. The number of benzene rings is 1. The Balaban J connectivity index is 2.73. The van der Waals surface area contributed by atoms with Gasteiger partial charge in [-0.1, -0.05) is 6.07 Å². The highest BCUT2D eigenvalue weighted by molar-refractivity contribution is 9.10. The van der Waals surface area contributed by atoms with Crippen LogP contribution in [0.25, 0.3) is 0 Å². The summed E-state index contributed by atoms with van der Waals surface area (Å²) in [5.41, 5.74) is 2.27. The first kappa shape index (κ1) is 18.5. The molecule has 1 aromatic rings. The molecule has 0 saturated heterocycles. The summed E-state index contributed by atoms with van der Waals surface area (Å²) >= 11 is 3.57. The van der Waals surface area contributed by atoms with Crippen LogP contribution in [0.2, 0.25) is 0 Å². The van der Waals surface area contributed by atoms with Crippen LogP contribution in [0.5, 0.6) is 0 Å². The van der Waals surface area contributed by atoms with Gasteiger partial charge in [0.25, 0.3) is 0 Å². The number of hydrogen-bond donors (Lipinski definition) is 1. The normalized spacial score (nSPS) is 12.5. The van der Waals surface area contributed by atoms with Gasteiger partial charge in [-0.2, -0.15) is 0 Å². The molecular formula is C15H25BrN2O2S. The molecule has 0 bridgehead atoms. The van der Waals surface area contributed by atoms with Gasteiger partial charge in [0.05, 0.1) is 11.4 Å². The summed E-state index contributed by atoms with van der Waals surface area (Å²) < 4.78 is 23.5.